The highest BCUT2D eigenvalue weighted by Crippen LogP contribution is 2.34. The van der Waals surface area contributed by atoms with Crippen molar-refractivity contribution in [2.75, 3.05) is 5.32 Å². The molecule has 0 spiro atoms. The van der Waals surface area contributed by atoms with E-state index in [9.17, 15) is 9.90 Å². The highest BCUT2D eigenvalue weighted by atomic mass is 16.3. The van der Waals surface area contributed by atoms with Crippen molar-refractivity contribution in [3.05, 3.63) is 23.3 Å². The molecule has 1 rings (SSSR count). The molecule has 0 radical (unpaired) electrons. The number of anilines is 1. The number of aromatic hydroxyl groups is 1. The summed E-state index contributed by atoms with van der Waals surface area (Å²) in [4.78, 5) is 11.2. The number of hydrogen-bond acceptors (Lipinski definition) is 2. The van der Waals surface area contributed by atoms with E-state index in [0.29, 0.717) is 5.75 Å². The highest BCUT2D eigenvalue weighted by Gasteiger charge is 2.14. The molecule has 2 N–H and O–H groups in total. The summed E-state index contributed by atoms with van der Waals surface area (Å²) in [6.45, 7) is 9.60. The molecular weight excluding hydrogens is 214 g/mol. The molecule has 17 heavy (non-hydrogen) atoms. The standard InChI is InChI=1S/C14H21NO2/c1-8(2)11-7-14(17)12(9(3)4)6-13(11)15-10(5)16/h6-9,17H,1-5H3,(H,15,16). The third-order valence-corrected chi connectivity index (χ3v) is 2.75. The summed E-state index contributed by atoms with van der Waals surface area (Å²) in [6.07, 6.45) is 0. The second-order valence-electron chi connectivity index (χ2n) is 4.99. The Labute approximate surface area is 103 Å². The van der Waals surface area contributed by atoms with E-state index in [1.165, 1.54) is 6.92 Å². The normalized spacial score (nSPS) is 11.0. The molecule has 0 aliphatic rings. The van der Waals surface area contributed by atoms with Gasteiger partial charge in [-0.2, -0.15) is 0 Å². The van der Waals surface area contributed by atoms with Gasteiger partial charge in [-0.3, -0.25) is 4.79 Å². The molecule has 0 aliphatic heterocycles. The van der Waals surface area contributed by atoms with Crippen molar-refractivity contribution in [1.82, 2.24) is 0 Å². The third-order valence-electron chi connectivity index (χ3n) is 2.75. The van der Waals surface area contributed by atoms with Crippen LogP contribution in [0.2, 0.25) is 0 Å². The molecule has 3 heteroatoms. The minimum atomic E-state index is -0.0905. The van der Waals surface area contributed by atoms with Crippen molar-refractivity contribution in [2.24, 2.45) is 0 Å². The summed E-state index contributed by atoms with van der Waals surface area (Å²) in [5, 5.41) is 12.8. The Hall–Kier alpha value is -1.51. The molecule has 0 saturated carbocycles. The van der Waals surface area contributed by atoms with E-state index >= 15 is 0 Å². The molecule has 0 fully saturated rings. The minimum absolute atomic E-state index is 0.0905. The van der Waals surface area contributed by atoms with E-state index in [-0.39, 0.29) is 17.7 Å². The van der Waals surface area contributed by atoms with Gasteiger partial charge in [-0.05, 0) is 35.1 Å². The topological polar surface area (TPSA) is 49.3 Å². The Balaban J connectivity index is 3.31. The van der Waals surface area contributed by atoms with Crippen LogP contribution in [-0.4, -0.2) is 11.0 Å². The molecule has 1 amide bonds. The smallest absolute Gasteiger partial charge is 0.221 e. The molecule has 3 nitrogen and oxygen atoms in total. The summed E-state index contributed by atoms with van der Waals surface area (Å²) < 4.78 is 0. The number of nitrogens with one attached hydrogen (secondary N) is 1. The summed E-state index contributed by atoms with van der Waals surface area (Å²) in [5.41, 5.74) is 2.62. The fourth-order valence-electron chi connectivity index (χ4n) is 1.86. The maximum absolute atomic E-state index is 11.2. The zero-order valence-electron chi connectivity index (χ0n) is 11.2. The fraction of sp³-hybridized carbons (Fsp3) is 0.500. The van der Waals surface area contributed by atoms with Gasteiger partial charge in [0.2, 0.25) is 5.91 Å². The van der Waals surface area contributed by atoms with Crippen LogP contribution in [0.25, 0.3) is 0 Å². The van der Waals surface area contributed by atoms with E-state index in [0.717, 1.165) is 16.8 Å². The Kier molecular flexibility index (Phi) is 4.16. The first kappa shape index (κ1) is 13.6. The predicted molar refractivity (Wildman–Crippen MR) is 70.6 cm³/mol. The van der Waals surface area contributed by atoms with Gasteiger partial charge in [0.05, 0.1) is 0 Å². The molecule has 94 valence electrons. The van der Waals surface area contributed by atoms with Gasteiger partial charge in [-0.15, -0.1) is 0 Å². The van der Waals surface area contributed by atoms with E-state index in [1.54, 1.807) is 6.07 Å². The van der Waals surface area contributed by atoms with Crippen LogP contribution in [-0.2, 0) is 4.79 Å². The Morgan fingerprint density at radius 2 is 1.65 bits per heavy atom. The van der Waals surface area contributed by atoms with Gasteiger partial charge >= 0.3 is 0 Å². The first-order valence-corrected chi connectivity index (χ1v) is 5.97. The first-order chi connectivity index (χ1) is 7.82. The summed E-state index contributed by atoms with van der Waals surface area (Å²) >= 11 is 0. The van der Waals surface area contributed by atoms with Crippen LogP contribution in [0.1, 0.15) is 57.6 Å². The molecule has 1 aromatic carbocycles. The lowest BCUT2D eigenvalue weighted by Crippen LogP contribution is -2.09. The van der Waals surface area contributed by atoms with Crippen LogP contribution in [0.5, 0.6) is 5.75 Å². The third kappa shape index (κ3) is 3.22. The van der Waals surface area contributed by atoms with Crippen LogP contribution >= 0.6 is 0 Å². The van der Waals surface area contributed by atoms with Crippen LogP contribution in [0.3, 0.4) is 0 Å². The van der Waals surface area contributed by atoms with Crippen LogP contribution in [0, 0.1) is 0 Å². The summed E-state index contributed by atoms with van der Waals surface area (Å²) in [6, 6.07) is 3.63. The van der Waals surface area contributed by atoms with Crippen LogP contribution < -0.4 is 5.32 Å². The number of carbonyl (C=O) groups excluding carboxylic acids is 1. The SMILES string of the molecule is CC(=O)Nc1cc(C(C)C)c(O)cc1C(C)C. The number of carbonyl (C=O) groups is 1. The van der Waals surface area contributed by atoms with Gasteiger partial charge in [-0.1, -0.05) is 27.7 Å². The van der Waals surface area contributed by atoms with Crippen molar-refractivity contribution >= 4 is 11.6 Å². The maximum atomic E-state index is 11.2. The monoisotopic (exact) mass is 235 g/mol. The van der Waals surface area contributed by atoms with Crippen LogP contribution in [0.15, 0.2) is 12.1 Å². The Morgan fingerprint density at radius 3 is 2.06 bits per heavy atom. The molecule has 1 aromatic rings. The lowest BCUT2D eigenvalue weighted by Gasteiger charge is -2.17. The second-order valence-corrected chi connectivity index (χ2v) is 4.99. The summed E-state index contributed by atoms with van der Waals surface area (Å²) in [7, 11) is 0. The molecule has 0 unspecified atom stereocenters. The van der Waals surface area contributed by atoms with Gasteiger partial charge < -0.3 is 10.4 Å². The van der Waals surface area contributed by atoms with E-state index < -0.39 is 0 Å². The van der Waals surface area contributed by atoms with Gasteiger partial charge in [0.1, 0.15) is 5.75 Å². The quantitative estimate of drug-likeness (QED) is 0.786. The van der Waals surface area contributed by atoms with Gasteiger partial charge in [0.25, 0.3) is 0 Å². The van der Waals surface area contributed by atoms with Gasteiger partial charge in [-0.25, -0.2) is 0 Å². The molecule has 0 bridgehead atoms. The summed E-state index contributed by atoms with van der Waals surface area (Å²) in [5.74, 6) is 0.692. The van der Waals surface area contributed by atoms with E-state index in [4.69, 9.17) is 0 Å². The van der Waals surface area contributed by atoms with Crippen molar-refractivity contribution < 1.29 is 9.90 Å². The van der Waals surface area contributed by atoms with Gasteiger partial charge in [0.15, 0.2) is 0 Å². The zero-order valence-corrected chi connectivity index (χ0v) is 11.2. The lowest BCUT2D eigenvalue weighted by atomic mass is 9.94. The number of hydrogen-bond donors (Lipinski definition) is 2. The average Bonchev–Trinajstić information content (AvgIpc) is 2.18. The highest BCUT2D eigenvalue weighted by molar-refractivity contribution is 5.90. The Morgan fingerprint density at radius 1 is 1.12 bits per heavy atom. The molecule has 0 aliphatic carbocycles. The largest absolute Gasteiger partial charge is 0.508 e. The van der Waals surface area contributed by atoms with Crippen LogP contribution in [0.4, 0.5) is 5.69 Å². The molecule has 0 aromatic heterocycles. The molecule has 0 saturated heterocycles. The van der Waals surface area contributed by atoms with E-state index in [2.05, 4.69) is 5.32 Å². The lowest BCUT2D eigenvalue weighted by molar-refractivity contribution is -0.114. The molecular formula is C14H21NO2. The molecule has 0 heterocycles. The van der Waals surface area contributed by atoms with Gasteiger partial charge in [0, 0.05) is 12.6 Å². The van der Waals surface area contributed by atoms with Crippen molar-refractivity contribution in [1.29, 1.82) is 0 Å². The number of rotatable bonds is 3. The maximum Gasteiger partial charge on any atom is 0.221 e. The zero-order chi connectivity index (χ0) is 13.2. The predicted octanol–water partition coefficient (Wildman–Crippen LogP) is 3.60. The first-order valence-electron chi connectivity index (χ1n) is 5.97. The number of phenolic OH excluding ortho intramolecular Hbond substituents is 1. The van der Waals surface area contributed by atoms with Crippen molar-refractivity contribution in [3.63, 3.8) is 0 Å². The molecule has 0 atom stereocenters. The van der Waals surface area contributed by atoms with E-state index in [1.807, 2.05) is 33.8 Å². The minimum Gasteiger partial charge on any atom is -0.508 e. The van der Waals surface area contributed by atoms with Crippen molar-refractivity contribution in [2.45, 2.75) is 46.5 Å². The van der Waals surface area contributed by atoms with Crippen molar-refractivity contribution in [3.8, 4) is 5.75 Å². The fourth-order valence-corrected chi connectivity index (χ4v) is 1.86. The Bertz CT molecular complexity index is 422. The number of benzene rings is 1. The average molecular weight is 235 g/mol. The number of phenols is 1. The second kappa shape index (κ2) is 5.21. The number of amides is 1.